The van der Waals surface area contributed by atoms with E-state index in [0.29, 0.717) is 30.3 Å². The maximum absolute atomic E-state index is 10.8. The maximum atomic E-state index is 10.8. The van der Waals surface area contributed by atoms with Crippen LogP contribution in [0.2, 0.25) is 0 Å². The topological polar surface area (TPSA) is 55.8 Å². The molecule has 0 bridgehead atoms. The van der Waals surface area contributed by atoms with Crippen LogP contribution in [-0.2, 0) is 4.79 Å². The summed E-state index contributed by atoms with van der Waals surface area (Å²) in [4.78, 5) is 10.8. The molecule has 0 spiro atoms. The van der Waals surface area contributed by atoms with Gasteiger partial charge in [-0.3, -0.25) is 4.79 Å². The predicted molar refractivity (Wildman–Crippen MR) is 58.4 cm³/mol. The van der Waals surface area contributed by atoms with Crippen molar-refractivity contribution in [3.63, 3.8) is 0 Å². The minimum absolute atomic E-state index is 0.468. The van der Waals surface area contributed by atoms with Gasteiger partial charge in [0.2, 0.25) is 0 Å². The van der Waals surface area contributed by atoms with E-state index in [1.54, 1.807) is 19.1 Å². The molecule has 16 heavy (non-hydrogen) atoms. The first-order valence-electron chi connectivity index (χ1n) is 4.86. The number of aliphatic carboxylic acids is 1. The molecule has 2 rings (SSSR count). The fourth-order valence-corrected chi connectivity index (χ4v) is 1.85. The number of aryl methyl sites for hydroxylation is 1. The van der Waals surface area contributed by atoms with Gasteiger partial charge in [-0.1, -0.05) is 0 Å². The fraction of sp³-hybridized carbons (Fsp3) is 0.364. The second kappa shape index (κ2) is 4.22. The molecule has 1 atom stereocenters. The van der Waals surface area contributed by atoms with Crippen LogP contribution in [0.4, 0.5) is 0 Å². The average molecular weight is 243 g/mol. The number of carbonyl (C=O) groups is 1. The van der Waals surface area contributed by atoms with E-state index >= 15 is 0 Å². The van der Waals surface area contributed by atoms with Crippen molar-refractivity contribution < 1.29 is 19.4 Å². The minimum Gasteiger partial charge on any atom is -0.486 e. The molecule has 1 aliphatic heterocycles. The van der Waals surface area contributed by atoms with Crippen molar-refractivity contribution >= 4 is 17.6 Å². The van der Waals surface area contributed by atoms with Crippen LogP contribution in [0.5, 0.6) is 11.5 Å². The van der Waals surface area contributed by atoms with Crippen LogP contribution in [0, 0.1) is 6.92 Å². The van der Waals surface area contributed by atoms with Crippen LogP contribution in [-0.4, -0.2) is 24.3 Å². The number of carboxylic acid groups (broad SMARTS) is 1. The van der Waals surface area contributed by atoms with E-state index in [1.165, 1.54) is 0 Å². The number of hydrogen-bond acceptors (Lipinski definition) is 3. The molecule has 0 amide bonds. The van der Waals surface area contributed by atoms with Crippen molar-refractivity contribution in [2.24, 2.45) is 0 Å². The number of carboxylic acids is 1. The van der Waals surface area contributed by atoms with Gasteiger partial charge < -0.3 is 14.6 Å². The summed E-state index contributed by atoms with van der Waals surface area (Å²) in [6, 6.07) is 3.39. The normalized spacial score (nSPS) is 15.6. The molecule has 5 heteroatoms. The van der Waals surface area contributed by atoms with Crippen LogP contribution in [0.15, 0.2) is 12.1 Å². The van der Waals surface area contributed by atoms with Crippen LogP contribution in [0.3, 0.4) is 0 Å². The first-order valence-corrected chi connectivity index (χ1v) is 5.30. The SMILES string of the molecule is Cc1cc2c(cc1C(Cl)C(=O)O)OCCO2. The number of benzene rings is 1. The number of rotatable bonds is 2. The lowest BCUT2D eigenvalue weighted by Crippen LogP contribution is -2.16. The zero-order valence-electron chi connectivity index (χ0n) is 8.70. The van der Waals surface area contributed by atoms with Crippen LogP contribution in [0.25, 0.3) is 0 Å². The van der Waals surface area contributed by atoms with Gasteiger partial charge in [0.05, 0.1) is 0 Å². The number of hydrogen-bond donors (Lipinski definition) is 1. The van der Waals surface area contributed by atoms with Crippen LogP contribution in [0.1, 0.15) is 16.5 Å². The average Bonchev–Trinajstić information content (AvgIpc) is 2.27. The second-order valence-electron chi connectivity index (χ2n) is 3.55. The van der Waals surface area contributed by atoms with Crippen molar-refractivity contribution in [3.8, 4) is 11.5 Å². The molecule has 1 heterocycles. The summed E-state index contributed by atoms with van der Waals surface area (Å²) >= 11 is 5.79. The van der Waals surface area contributed by atoms with Crippen LogP contribution < -0.4 is 9.47 Å². The Morgan fingerprint density at radius 2 is 1.94 bits per heavy atom. The quantitative estimate of drug-likeness (QED) is 0.808. The summed E-state index contributed by atoms with van der Waals surface area (Å²) in [5, 5.41) is 7.80. The van der Waals surface area contributed by atoms with E-state index in [1.807, 2.05) is 0 Å². The standard InChI is InChI=1S/C11H11ClO4/c1-6-4-8-9(16-3-2-15-8)5-7(6)10(12)11(13)14/h4-5,10H,2-3H2,1H3,(H,13,14). The third kappa shape index (κ3) is 1.93. The largest absolute Gasteiger partial charge is 0.486 e. The van der Waals surface area contributed by atoms with Gasteiger partial charge in [-0.05, 0) is 30.2 Å². The van der Waals surface area contributed by atoms with Crippen molar-refractivity contribution in [3.05, 3.63) is 23.3 Å². The number of halogens is 1. The molecule has 0 radical (unpaired) electrons. The Bertz CT molecular complexity index is 430. The molecule has 0 fully saturated rings. The lowest BCUT2D eigenvalue weighted by atomic mass is 10.0. The molecule has 0 aliphatic carbocycles. The summed E-state index contributed by atoms with van der Waals surface area (Å²) in [5.74, 6) is 0.127. The molecule has 0 aromatic heterocycles. The van der Waals surface area contributed by atoms with E-state index in [0.717, 1.165) is 5.56 Å². The zero-order chi connectivity index (χ0) is 11.7. The van der Waals surface area contributed by atoms with E-state index in [2.05, 4.69) is 0 Å². The smallest absolute Gasteiger partial charge is 0.326 e. The number of fused-ring (bicyclic) bond motifs is 1. The number of alkyl halides is 1. The number of ether oxygens (including phenoxy) is 2. The molecule has 1 aromatic rings. The lowest BCUT2D eigenvalue weighted by molar-refractivity contribution is -0.136. The second-order valence-corrected chi connectivity index (χ2v) is 3.99. The van der Waals surface area contributed by atoms with Gasteiger partial charge in [0.15, 0.2) is 16.9 Å². The summed E-state index contributed by atoms with van der Waals surface area (Å²) in [6.07, 6.45) is 0. The van der Waals surface area contributed by atoms with Gasteiger partial charge in [-0.25, -0.2) is 0 Å². The van der Waals surface area contributed by atoms with Crippen molar-refractivity contribution in [1.29, 1.82) is 0 Å². The molecule has 1 unspecified atom stereocenters. The molecule has 4 nitrogen and oxygen atoms in total. The van der Waals surface area contributed by atoms with Gasteiger partial charge in [-0.15, -0.1) is 11.6 Å². The molecular weight excluding hydrogens is 232 g/mol. The highest BCUT2D eigenvalue weighted by Crippen LogP contribution is 2.36. The zero-order valence-corrected chi connectivity index (χ0v) is 9.45. The molecular formula is C11H11ClO4. The van der Waals surface area contributed by atoms with Gasteiger partial charge in [0, 0.05) is 0 Å². The monoisotopic (exact) mass is 242 g/mol. The highest BCUT2D eigenvalue weighted by atomic mass is 35.5. The van der Waals surface area contributed by atoms with E-state index < -0.39 is 11.3 Å². The third-order valence-corrected chi connectivity index (χ3v) is 2.84. The van der Waals surface area contributed by atoms with Gasteiger partial charge >= 0.3 is 5.97 Å². The minimum atomic E-state index is -1.07. The highest BCUT2D eigenvalue weighted by Gasteiger charge is 2.22. The van der Waals surface area contributed by atoms with Gasteiger partial charge in [-0.2, -0.15) is 0 Å². The van der Waals surface area contributed by atoms with E-state index in [9.17, 15) is 4.79 Å². The van der Waals surface area contributed by atoms with Crippen molar-refractivity contribution in [2.45, 2.75) is 12.3 Å². The third-order valence-electron chi connectivity index (χ3n) is 2.42. The Balaban J connectivity index is 2.43. The van der Waals surface area contributed by atoms with Gasteiger partial charge in [0.1, 0.15) is 13.2 Å². The fourth-order valence-electron chi connectivity index (χ4n) is 1.61. The lowest BCUT2D eigenvalue weighted by Gasteiger charge is -2.20. The molecule has 0 saturated carbocycles. The summed E-state index contributed by atoms with van der Waals surface area (Å²) in [5.41, 5.74) is 1.32. The molecule has 1 aliphatic rings. The Morgan fingerprint density at radius 3 is 2.50 bits per heavy atom. The van der Waals surface area contributed by atoms with Crippen molar-refractivity contribution in [2.75, 3.05) is 13.2 Å². The van der Waals surface area contributed by atoms with E-state index in [-0.39, 0.29) is 0 Å². The first-order chi connectivity index (χ1) is 7.59. The molecule has 1 aromatic carbocycles. The first kappa shape index (κ1) is 11.1. The molecule has 1 N–H and O–H groups in total. The molecule has 0 saturated heterocycles. The summed E-state index contributed by atoms with van der Waals surface area (Å²) < 4.78 is 10.8. The van der Waals surface area contributed by atoms with Gasteiger partial charge in [0.25, 0.3) is 0 Å². The van der Waals surface area contributed by atoms with Crippen LogP contribution >= 0.6 is 11.6 Å². The van der Waals surface area contributed by atoms with E-state index in [4.69, 9.17) is 26.2 Å². The summed E-state index contributed by atoms with van der Waals surface area (Å²) in [7, 11) is 0. The Morgan fingerprint density at radius 1 is 1.38 bits per heavy atom. The molecule has 86 valence electrons. The highest BCUT2D eigenvalue weighted by molar-refractivity contribution is 6.29. The Hall–Kier alpha value is -1.42. The Labute approximate surface area is 97.7 Å². The predicted octanol–water partition coefficient (Wildman–Crippen LogP) is 2.13. The Kier molecular flexibility index (Phi) is 2.92. The van der Waals surface area contributed by atoms with Crippen molar-refractivity contribution in [1.82, 2.24) is 0 Å². The maximum Gasteiger partial charge on any atom is 0.326 e. The summed E-state index contributed by atoms with van der Waals surface area (Å²) in [6.45, 7) is 2.77.